The Morgan fingerprint density at radius 2 is 1.62 bits per heavy atom. The minimum atomic E-state index is -4.58. The number of hydrogen-bond acceptors (Lipinski definition) is 4. The Labute approximate surface area is 240 Å². The van der Waals surface area contributed by atoms with Gasteiger partial charge in [0.15, 0.2) is 0 Å². The number of nitrogens with one attached hydrogen (secondary N) is 1. The summed E-state index contributed by atoms with van der Waals surface area (Å²) in [4.78, 5) is 32.8. The minimum absolute atomic E-state index is 0.0871. The highest BCUT2D eigenvalue weighted by Crippen LogP contribution is 2.43. The average molecular weight is 600 g/mol. The van der Waals surface area contributed by atoms with Crippen molar-refractivity contribution in [2.45, 2.75) is 101 Å². The van der Waals surface area contributed by atoms with Crippen molar-refractivity contribution in [3.63, 3.8) is 0 Å². The van der Waals surface area contributed by atoms with Gasteiger partial charge in [-0.15, -0.1) is 0 Å². The molecule has 0 aliphatic carbocycles. The van der Waals surface area contributed by atoms with Crippen molar-refractivity contribution in [1.82, 2.24) is 24.7 Å². The van der Waals surface area contributed by atoms with Crippen molar-refractivity contribution in [3.8, 4) is 0 Å². The van der Waals surface area contributed by atoms with Gasteiger partial charge in [-0.05, 0) is 44.6 Å². The fourth-order valence-corrected chi connectivity index (χ4v) is 7.03. The van der Waals surface area contributed by atoms with Gasteiger partial charge in [-0.3, -0.25) is 14.5 Å². The van der Waals surface area contributed by atoms with Gasteiger partial charge in [0, 0.05) is 37.6 Å². The summed E-state index contributed by atoms with van der Waals surface area (Å²) in [5, 5.41) is 2.58. The molecule has 4 heterocycles. The van der Waals surface area contributed by atoms with E-state index in [9.17, 15) is 35.9 Å². The molecule has 2 bridgehead atoms. The Kier molecular flexibility index (Phi) is 8.60. The molecule has 2 amide bonds. The highest BCUT2D eigenvalue weighted by Gasteiger charge is 2.43. The van der Waals surface area contributed by atoms with Crippen LogP contribution >= 0.6 is 0 Å². The van der Waals surface area contributed by atoms with Gasteiger partial charge in [0.1, 0.15) is 18.7 Å². The topological polar surface area (TPSA) is 70.5 Å². The molecule has 3 aliphatic rings. The van der Waals surface area contributed by atoms with Gasteiger partial charge in [-0.25, -0.2) is 4.98 Å². The first-order valence-corrected chi connectivity index (χ1v) is 14.4. The highest BCUT2D eigenvalue weighted by molar-refractivity contribution is 5.77. The van der Waals surface area contributed by atoms with Crippen molar-refractivity contribution in [2.24, 2.45) is 0 Å². The van der Waals surface area contributed by atoms with Crippen molar-refractivity contribution in [2.75, 3.05) is 13.1 Å². The molecule has 1 aromatic heterocycles. The number of piperidine rings is 1. The van der Waals surface area contributed by atoms with Gasteiger partial charge in [0.05, 0.1) is 24.0 Å². The van der Waals surface area contributed by atoms with Gasteiger partial charge in [0.2, 0.25) is 11.8 Å². The quantitative estimate of drug-likeness (QED) is 0.413. The normalized spacial score (nSPS) is 23.5. The molecule has 2 saturated heterocycles. The lowest BCUT2D eigenvalue weighted by Crippen LogP contribution is -2.45. The van der Waals surface area contributed by atoms with Crippen LogP contribution in [0.15, 0.2) is 30.3 Å². The van der Waals surface area contributed by atoms with Crippen LogP contribution in [0, 0.1) is 6.92 Å². The number of alkyl halides is 6. The van der Waals surface area contributed by atoms with Crippen LogP contribution in [0.2, 0.25) is 0 Å². The lowest BCUT2D eigenvalue weighted by Gasteiger charge is -2.41. The third-order valence-electron chi connectivity index (χ3n) is 8.73. The van der Waals surface area contributed by atoms with Crippen molar-refractivity contribution in [1.29, 1.82) is 0 Å². The Hall–Kier alpha value is -3.09. The van der Waals surface area contributed by atoms with Crippen LogP contribution in [0.25, 0.3) is 0 Å². The Morgan fingerprint density at radius 1 is 0.976 bits per heavy atom. The number of benzene rings is 1. The van der Waals surface area contributed by atoms with E-state index in [1.54, 1.807) is 24.3 Å². The monoisotopic (exact) mass is 599 g/mol. The van der Waals surface area contributed by atoms with Crippen molar-refractivity contribution >= 4 is 11.8 Å². The molecule has 4 atom stereocenters. The third-order valence-corrected chi connectivity index (χ3v) is 8.73. The number of fused-ring (bicyclic) bond motifs is 3. The highest BCUT2D eigenvalue weighted by atomic mass is 19.4. The number of carbonyl (C=O) groups is 2. The molecule has 0 radical (unpaired) electrons. The summed E-state index contributed by atoms with van der Waals surface area (Å²) in [5.74, 6) is -1.19. The summed E-state index contributed by atoms with van der Waals surface area (Å²) < 4.78 is 79.2. The first kappa shape index (κ1) is 30.4. The van der Waals surface area contributed by atoms with Gasteiger partial charge in [-0.1, -0.05) is 30.3 Å². The van der Waals surface area contributed by atoms with Gasteiger partial charge in [-0.2, -0.15) is 26.3 Å². The molecule has 2 fully saturated rings. The van der Waals surface area contributed by atoms with Gasteiger partial charge < -0.3 is 14.8 Å². The number of aryl methyl sites for hydroxylation is 1. The molecule has 7 nitrogen and oxygen atoms in total. The number of carbonyl (C=O) groups excluding carboxylic acids is 2. The van der Waals surface area contributed by atoms with Crippen LogP contribution in [0.5, 0.6) is 0 Å². The number of rotatable bonds is 8. The van der Waals surface area contributed by atoms with Crippen LogP contribution < -0.4 is 5.32 Å². The maximum absolute atomic E-state index is 12.9. The summed E-state index contributed by atoms with van der Waals surface area (Å²) in [6.07, 6.45) is -7.74. The molecular formula is C29H35F6N5O2. The van der Waals surface area contributed by atoms with E-state index in [-0.39, 0.29) is 31.2 Å². The molecule has 1 unspecified atom stereocenters. The molecule has 230 valence electrons. The van der Waals surface area contributed by atoms with E-state index in [0.29, 0.717) is 19.4 Å². The number of hydrogen-bond donors (Lipinski definition) is 1. The zero-order valence-corrected chi connectivity index (χ0v) is 23.3. The van der Waals surface area contributed by atoms with Crippen LogP contribution in [0.4, 0.5) is 26.3 Å². The second-order valence-corrected chi connectivity index (χ2v) is 11.6. The molecule has 0 saturated carbocycles. The summed E-state index contributed by atoms with van der Waals surface area (Å²) in [6.45, 7) is 2.82. The fraction of sp³-hybridized carbons (Fsp3) is 0.621. The van der Waals surface area contributed by atoms with Crippen LogP contribution in [-0.4, -0.2) is 68.7 Å². The standard InChI is InChI=1S/C29H35F6N5O2/c1-18-36-24-9-11-38(27(42)16-29(33,34)35)17-25(24)40(18)22-13-20-7-8-21(14-22)39(20)12-10-23(19-5-3-2-4-6-19)37-26(41)15-28(30,31)32/h2-6,20-23H,7-17H2,1H3,(H,37,41)/t20-,21+,22?,23-/m0/s1. The molecule has 13 heteroatoms. The van der Waals surface area contributed by atoms with E-state index < -0.39 is 43.1 Å². The maximum atomic E-state index is 12.9. The molecule has 0 spiro atoms. The zero-order valence-electron chi connectivity index (χ0n) is 23.3. The minimum Gasteiger partial charge on any atom is -0.349 e. The Bertz CT molecular complexity index is 1260. The molecular weight excluding hydrogens is 564 g/mol. The smallest absolute Gasteiger partial charge is 0.349 e. The largest absolute Gasteiger partial charge is 0.397 e. The number of amides is 2. The lowest BCUT2D eigenvalue weighted by molar-refractivity contribution is -0.162. The number of nitrogens with zero attached hydrogens (tertiary/aromatic N) is 4. The second-order valence-electron chi connectivity index (χ2n) is 11.6. The first-order valence-electron chi connectivity index (χ1n) is 14.4. The zero-order chi connectivity index (χ0) is 30.2. The van der Waals surface area contributed by atoms with Crippen LogP contribution in [0.1, 0.15) is 79.8 Å². The Balaban J connectivity index is 1.26. The molecule has 2 aromatic rings. The molecule has 1 N–H and O–H groups in total. The summed E-state index contributed by atoms with van der Waals surface area (Å²) in [7, 11) is 0. The fourth-order valence-electron chi connectivity index (χ4n) is 7.03. The Morgan fingerprint density at radius 3 is 2.24 bits per heavy atom. The summed E-state index contributed by atoms with van der Waals surface area (Å²) in [6, 6.07) is 8.97. The molecule has 1 aromatic carbocycles. The molecule has 42 heavy (non-hydrogen) atoms. The van der Waals surface area contributed by atoms with Crippen molar-refractivity contribution in [3.05, 3.63) is 53.1 Å². The number of imidazole rings is 1. The number of aromatic nitrogens is 2. The predicted molar refractivity (Wildman–Crippen MR) is 141 cm³/mol. The average Bonchev–Trinajstić information content (AvgIpc) is 3.34. The van der Waals surface area contributed by atoms with Gasteiger partial charge >= 0.3 is 12.4 Å². The SMILES string of the molecule is Cc1nc2c(n1C1C[C@H]3CC[C@@H](C1)N3CC[C@H](NC(=O)CC(F)(F)F)c1ccccc1)CN(C(=O)CC(F)(F)F)CC2. The van der Waals surface area contributed by atoms with E-state index >= 15 is 0 Å². The third kappa shape index (κ3) is 7.09. The first-order chi connectivity index (χ1) is 19.8. The van der Waals surface area contributed by atoms with E-state index in [4.69, 9.17) is 4.98 Å². The van der Waals surface area contributed by atoms with E-state index in [1.807, 2.05) is 13.0 Å². The maximum Gasteiger partial charge on any atom is 0.397 e. The lowest BCUT2D eigenvalue weighted by atomic mass is 9.95. The molecule has 5 rings (SSSR count). The number of halogens is 6. The predicted octanol–water partition coefficient (Wildman–Crippen LogP) is 5.40. The molecule has 3 aliphatic heterocycles. The van der Waals surface area contributed by atoms with Gasteiger partial charge in [0.25, 0.3) is 0 Å². The van der Waals surface area contributed by atoms with Crippen molar-refractivity contribution < 1.29 is 35.9 Å². The van der Waals surface area contributed by atoms with E-state index in [1.165, 1.54) is 4.90 Å². The second kappa shape index (κ2) is 11.9. The summed E-state index contributed by atoms with van der Waals surface area (Å²) in [5.41, 5.74) is 2.39. The van der Waals surface area contributed by atoms with E-state index in [0.717, 1.165) is 48.5 Å². The summed E-state index contributed by atoms with van der Waals surface area (Å²) >= 11 is 0. The van der Waals surface area contributed by atoms with Crippen LogP contribution in [0.3, 0.4) is 0 Å². The van der Waals surface area contributed by atoms with Crippen LogP contribution in [-0.2, 0) is 22.6 Å². The van der Waals surface area contributed by atoms with E-state index in [2.05, 4.69) is 14.8 Å².